The first kappa shape index (κ1) is 34.7. The number of benzene rings is 2. The number of carbonyl (C=O) groups excluding carboxylic acids is 2. The first-order valence-corrected chi connectivity index (χ1v) is 18.9. The van der Waals surface area contributed by atoms with Crippen molar-refractivity contribution in [1.29, 1.82) is 0 Å². The van der Waals surface area contributed by atoms with Crippen LogP contribution in [0.3, 0.4) is 0 Å². The van der Waals surface area contributed by atoms with E-state index >= 15 is 0 Å². The Balaban J connectivity index is 1.20. The molecule has 0 spiro atoms. The van der Waals surface area contributed by atoms with Gasteiger partial charge in [-0.15, -0.1) is 0 Å². The van der Waals surface area contributed by atoms with Gasteiger partial charge in [0.2, 0.25) is 0 Å². The molecular weight excluding hydrogens is 616 g/mol. The molecule has 4 saturated carbocycles. The Kier molecular flexibility index (Phi) is 9.75. The van der Waals surface area contributed by atoms with Gasteiger partial charge in [-0.25, -0.2) is 9.59 Å². The molecule has 1 saturated heterocycles. The summed E-state index contributed by atoms with van der Waals surface area (Å²) < 4.78 is 25.8. The van der Waals surface area contributed by atoms with E-state index in [9.17, 15) is 14.7 Å². The van der Waals surface area contributed by atoms with Crippen LogP contribution in [0.4, 0.5) is 0 Å². The minimum atomic E-state index is -0.292. The summed E-state index contributed by atoms with van der Waals surface area (Å²) in [5.74, 6) is 1.32. The number of esters is 2. The van der Waals surface area contributed by atoms with Crippen molar-refractivity contribution in [3.05, 3.63) is 71.8 Å². The summed E-state index contributed by atoms with van der Waals surface area (Å²) >= 11 is 0. The Morgan fingerprint density at radius 2 is 1.45 bits per heavy atom. The zero-order valence-corrected chi connectivity index (χ0v) is 30.0. The van der Waals surface area contributed by atoms with Gasteiger partial charge in [0.25, 0.3) is 0 Å². The molecule has 13 atom stereocenters. The van der Waals surface area contributed by atoms with Crippen molar-refractivity contribution >= 4 is 11.9 Å². The highest BCUT2D eigenvalue weighted by atomic mass is 16.7. The molecule has 1 unspecified atom stereocenters. The first-order chi connectivity index (χ1) is 23.5. The molecule has 0 aromatic heterocycles. The second kappa shape index (κ2) is 13.8. The maximum absolute atomic E-state index is 13.8. The number of ether oxygens (including phenoxy) is 4. The molecule has 0 amide bonds. The van der Waals surface area contributed by atoms with Gasteiger partial charge >= 0.3 is 11.9 Å². The second-order valence-corrected chi connectivity index (χ2v) is 17.1. The van der Waals surface area contributed by atoms with Gasteiger partial charge in [0.15, 0.2) is 0 Å². The molecule has 0 radical (unpaired) electrons. The van der Waals surface area contributed by atoms with Crippen LogP contribution >= 0.6 is 0 Å². The van der Waals surface area contributed by atoms with Gasteiger partial charge in [-0.2, -0.15) is 0 Å². The van der Waals surface area contributed by atoms with E-state index in [0.29, 0.717) is 23.0 Å². The molecule has 5 aliphatic rings. The summed E-state index contributed by atoms with van der Waals surface area (Å²) in [6.07, 6.45) is 6.16. The van der Waals surface area contributed by atoms with Crippen LogP contribution in [0.25, 0.3) is 0 Å². The average molecular weight is 673 g/mol. The molecule has 0 bridgehead atoms. The topological polar surface area (TPSA) is 91.3 Å². The van der Waals surface area contributed by atoms with Gasteiger partial charge in [-0.05, 0) is 122 Å². The van der Waals surface area contributed by atoms with E-state index in [0.717, 1.165) is 51.4 Å². The molecule has 2 aromatic rings. The van der Waals surface area contributed by atoms with Crippen LogP contribution in [0.5, 0.6) is 0 Å². The molecule has 5 fully saturated rings. The van der Waals surface area contributed by atoms with Gasteiger partial charge in [0, 0.05) is 5.92 Å². The number of hydrogen-bond acceptors (Lipinski definition) is 7. The number of carbonyl (C=O) groups is 2. The van der Waals surface area contributed by atoms with E-state index in [2.05, 4.69) is 34.6 Å². The molecule has 1 heterocycles. The molecule has 7 heteroatoms. The maximum atomic E-state index is 13.8. The molecule has 4 aliphatic carbocycles. The van der Waals surface area contributed by atoms with Gasteiger partial charge in [0.05, 0.1) is 29.4 Å². The van der Waals surface area contributed by atoms with Crippen molar-refractivity contribution in [1.82, 2.24) is 0 Å². The molecular formula is C42H56O7. The Hall–Kier alpha value is -2.74. The molecule has 7 rings (SSSR count). The summed E-state index contributed by atoms with van der Waals surface area (Å²) in [6, 6.07) is 18.6. The van der Waals surface area contributed by atoms with Gasteiger partial charge in [-0.1, -0.05) is 71.0 Å². The fourth-order valence-corrected chi connectivity index (χ4v) is 11.7. The number of aliphatic hydroxyl groups is 1. The van der Waals surface area contributed by atoms with Crippen LogP contribution in [0.2, 0.25) is 0 Å². The third-order valence-electron chi connectivity index (χ3n) is 13.8. The predicted molar refractivity (Wildman–Crippen MR) is 187 cm³/mol. The first-order valence-electron chi connectivity index (χ1n) is 18.9. The van der Waals surface area contributed by atoms with Crippen LogP contribution in [-0.4, -0.2) is 54.4 Å². The Morgan fingerprint density at radius 3 is 2.12 bits per heavy atom. The van der Waals surface area contributed by atoms with Crippen molar-refractivity contribution in [3.8, 4) is 0 Å². The lowest BCUT2D eigenvalue weighted by atomic mass is 9.43. The van der Waals surface area contributed by atoms with Crippen molar-refractivity contribution in [2.45, 2.75) is 117 Å². The van der Waals surface area contributed by atoms with Crippen LogP contribution in [0, 0.1) is 52.3 Å². The Morgan fingerprint density at radius 1 is 0.816 bits per heavy atom. The number of fused-ring (bicyclic) bond motifs is 8. The molecule has 2 aromatic carbocycles. The van der Waals surface area contributed by atoms with Gasteiger partial charge in [-0.3, -0.25) is 0 Å². The SMILES string of the molecule is CC(C)C[C@H](C[C@@H](C)[C@H]1C[C@@H](OC(=O)c2ccccc2)[C@H]2[C@@H]3[C@H]4OCO[C@@H]4C4C[C@H](O)CC[C@]4(C)[C@H]3CC[C@@]21C)OC(=O)c1ccccc1. The quantitative estimate of drug-likeness (QED) is 0.269. The predicted octanol–water partition coefficient (Wildman–Crippen LogP) is 8.10. The largest absolute Gasteiger partial charge is 0.459 e. The van der Waals surface area contributed by atoms with Crippen molar-refractivity contribution in [2.24, 2.45) is 52.3 Å². The summed E-state index contributed by atoms with van der Waals surface area (Å²) in [6.45, 7) is 11.9. The average Bonchev–Trinajstić information content (AvgIpc) is 3.68. The lowest BCUT2D eigenvalue weighted by Gasteiger charge is -2.63. The Bertz CT molecular complexity index is 1460. The fourth-order valence-electron chi connectivity index (χ4n) is 11.7. The van der Waals surface area contributed by atoms with Crippen LogP contribution in [-0.2, 0) is 18.9 Å². The highest BCUT2D eigenvalue weighted by Crippen LogP contribution is 2.70. The highest BCUT2D eigenvalue weighted by molar-refractivity contribution is 5.90. The normalized spacial score (nSPS) is 39.2. The van der Waals surface area contributed by atoms with Crippen LogP contribution in [0.15, 0.2) is 60.7 Å². The summed E-state index contributed by atoms with van der Waals surface area (Å²) in [5, 5.41) is 10.8. The molecule has 266 valence electrons. The third-order valence-corrected chi connectivity index (χ3v) is 13.8. The van der Waals surface area contributed by atoms with E-state index in [-0.39, 0.29) is 89.7 Å². The fraction of sp³-hybridized carbons (Fsp3) is 0.667. The van der Waals surface area contributed by atoms with Crippen LogP contribution < -0.4 is 0 Å². The van der Waals surface area contributed by atoms with Gasteiger partial charge in [0.1, 0.15) is 19.0 Å². The highest BCUT2D eigenvalue weighted by Gasteiger charge is 2.69. The van der Waals surface area contributed by atoms with Crippen molar-refractivity contribution in [2.75, 3.05) is 6.79 Å². The minimum absolute atomic E-state index is 0.0335. The van der Waals surface area contributed by atoms with E-state index in [1.807, 2.05) is 60.7 Å². The summed E-state index contributed by atoms with van der Waals surface area (Å²) in [7, 11) is 0. The number of rotatable bonds is 9. The standard InChI is InChI=1S/C42H56O7/c1-25(2)20-30(48-39(44)27-12-8-6-9-13-27)21-26(3)32-23-34(49-40(45)28-14-10-7-11-15-28)36-35-31(17-19-42(32,36)5)41(4)18-16-29(43)22-33(41)37-38(35)47-24-46-37/h6-15,25-26,29-38,43H,16-24H2,1-5H3/t26-,29-,30-,31+,32-,33?,34-,35-,36+,37-,38-,41-,42-/m1/s1. The zero-order chi connectivity index (χ0) is 34.5. The summed E-state index contributed by atoms with van der Waals surface area (Å²) in [4.78, 5) is 27.0. The van der Waals surface area contributed by atoms with Gasteiger partial charge < -0.3 is 24.1 Å². The van der Waals surface area contributed by atoms with Crippen LogP contribution in [0.1, 0.15) is 107 Å². The number of aliphatic hydroxyl groups excluding tert-OH is 1. The van der Waals surface area contributed by atoms with E-state index < -0.39 is 0 Å². The van der Waals surface area contributed by atoms with Crippen molar-refractivity contribution in [3.63, 3.8) is 0 Å². The van der Waals surface area contributed by atoms with E-state index in [4.69, 9.17) is 18.9 Å². The lowest BCUT2D eigenvalue weighted by Crippen LogP contribution is -2.64. The molecule has 7 nitrogen and oxygen atoms in total. The Labute approximate surface area is 292 Å². The van der Waals surface area contributed by atoms with Crippen molar-refractivity contribution < 1.29 is 33.6 Å². The molecule has 1 aliphatic heterocycles. The van der Waals surface area contributed by atoms with E-state index in [1.54, 1.807) is 0 Å². The number of hydrogen-bond donors (Lipinski definition) is 1. The maximum Gasteiger partial charge on any atom is 0.338 e. The zero-order valence-electron chi connectivity index (χ0n) is 30.0. The summed E-state index contributed by atoms with van der Waals surface area (Å²) in [5.41, 5.74) is 1.09. The monoisotopic (exact) mass is 672 g/mol. The minimum Gasteiger partial charge on any atom is -0.459 e. The second-order valence-electron chi connectivity index (χ2n) is 17.1. The van der Waals surface area contributed by atoms with E-state index in [1.165, 1.54) is 0 Å². The molecule has 1 N–H and O–H groups in total. The third kappa shape index (κ3) is 6.38. The smallest absolute Gasteiger partial charge is 0.338 e. The lowest BCUT2D eigenvalue weighted by molar-refractivity contribution is -0.199. The molecule has 49 heavy (non-hydrogen) atoms.